The molecule has 0 spiro atoms. The second-order valence-corrected chi connectivity index (χ2v) is 6.65. The molecule has 2 nitrogen and oxygen atoms in total. The summed E-state index contributed by atoms with van der Waals surface area (Å²) >= 11 is 8.82. The molecule has 0 fully saturated rings. The molecule has 2 aromatic rings. The zero-order chi connectivity index (χ0) is 13.7. The van der Waals surface area contributed by atoms with Crippen molar-refractivity contribution >= 4 is 43.2 Å². The molecule has 0 unspecified atom stereocenters. The van der Waals surface area contributed by atoms with E-state index in [4.69, 9.17) is 10.5 Å². The highest BCUT2D eigenvalue weighted by Gasteiger charge is 2.09. The molecule has 0 aliphatic rings. The van der Waals surface area contributed by atoms with Crippen molar-refractivity contribution in [2.45, 2.75) is 12.8 Å². The molecular formula is C14H15Br2NOS. The molecule has 5 heteroatoms. The van der Waals surface area contributed by atoms with Crippen molar-refractivity contribution in [3.8, 4) is 5.75 Å². The number of nitrogens with two attached hydrogens (primary N) is 1. The monoisotopic (exact) mass is 403 g/mol. The summed E-state index contributed by atoms with van der Waals surface area (Å²) in [6, 6.07) is 6.26. The molecule has 2 N–H and O–H groups in total. The van der Waals surface area contributed by atoms with E-state index in [1.54, 1.807) is 11.3 Å². The topological polar surface area (TPSA) is 35.2 Å². The normalized spacial score (nSPS) is 10.7. The SMILES string of the molecule is NCCc1cc(Br)c(OCCc2ccsc2)c(Br)c1. The lowest BCUT2D eigenvalue weighted by molar-refractivity contribution is 0.318. The predicted molar refractivity (Wildman–Crippen MR) is 88.1 cm³/mol. The van der Waals surface area contributed by atoms with Gasteiger partial charge in [-0.1, -0.05) is 0 Å². The fourth-order valence-corrected chi connectivity index (χ4v) is 3.98. The highest BCUT2D eigenvalue weighted by atomic mass is 79.9. The Morgan fingerprint density at radius 2 is 1.84 bits per heavy atom. The average Bonchev–Trinajstić information content (AvgIpc) is 2.86. The van der Waals surface area contributed by atoms with Gasteiger partial charge in [-0.3, -0.25) is 0 Å². The summed E-state index contributed by atoms with van der Waals surface area (Å²) in [6.07, 6.45) is 1.79. The summed E-state index contributed by atoms with van der Waals surface area (Å²) in [5.74, 6) is 0.857. The average molecular weight is 405 g/mol. The van der Waals surface area contributed by atoms with E-state index in [0.29, 0.717) is 13.2 Å². The van der Waals surface area contributed by atoms with E-state index in [0.717, 1.165) is 27.5 Å². The van der Waals surface area contributed by atoms with Gasteiger partial charge in [-0.15, -0.1) is 0 Å². The van der Waals surface area contributed by atoms with Gasteiger partial charge >= 0.3 is 0 Å². The van der Waals surface area contributed by atoms with Gasteiger partial charge in [-0.2, -0.15) is 11.3 Å². The zero-order valence-electron chi connectivity index (χ0n) is 10.4. The van der Waals surface area contributed by atoms with Gasteiger partial charge in [0.05, 0.1) is 15.6 Å². The van der Waals surface area contributed by atoms with E-state index in [-0.39, 0.29) is 0 Å². The van der Waals surface area contributed by atoms with Crippen LogP contribution >= 0.6 is 43.2 Å². The van der Waals surface area contributed by atoms with Crippen LogP contribution in [0.2, 0.25) is 0 Å². The van der Waals surface area contributed by atoms with Gasteiger partial charge in [0.1, 0.15) is 5.75 Å². The number of hydrogen-bond acceptors (Lipinski definition) is 3. The van der Waals surface area contributed by atoms with Crippen LogP contribution in [0.15, 0.2) is 37.9 Å². The van der Waals surface area contributed by atoms with Crippen molar-refractivity contribution in [1.29, 1.82) is 0 Å². The Morgan fingerprint density at radius 3 is 2.42 bits per heavy atom. The van der Waals surface area contributed by atoms with Crippen molar-refractivity contribution in [2.24, 2.45) is 5.73 Å². The van der Waals surface area contributed by atoms with E-state index < -0.39 is 0 Å². The smallest absolute Gasteiger partial charge is 0.147 e. The van der Waals surface area contributed by atoms with Gasteiger partial charge < -0.3 is 10.5 Å². The third-order valence-corrected chi connectivity index (χ3v) is 4.62. The number of ether oxygens (including phenoxy) is 1. The van der Waals surface area contributed by atoms with Crippen molar-refractivity contribution < 1.29 is 4.74 Å². The third-order valence-electron chi connectivity index (χ3n) is 2.71. The first-order chi connectivity index (χ1) is 9.20. The number of rotatable bonds is 6. The second kappa shape index (κ2) is 7.43. The standard InChI is InChI=1S/C14H15Br2NOS/c15-12-7-11(1-4-17)8-13(16)14(12)18-5-2-10-3-6-19-9-10/h3,6-9H,1-2,4-5,17H2. The van der Waals surface area contributed by atoms with Gasteiger partial charge in [-0.05, 0) is 84.9 Å². The first-order valence-electron chi connectivity index (χ1n) is 6.02. The Bertz CT molecular complexity index is 505. The number of hydrogen-bond donors (Lipinski definition) is 1. The van der Waals surface area contributed by atoms with Crippen molar-refractivity contribution in [3.05, 3.63) is 49.0 Å². The predicted octanol–water partition coefficient (Wildman–Crippen LogP) is 4.40. The van der Waals surface area contributed by atoms with Crippen LogP contribution in [0.1, 0.15) is 11.1 Å². The summed E-state index contributed by atoms with van der Waals surface area (Å²) < 4.78 is 7.79. The van der Waals surface area contributed by atoms with E-state index in [2.05, 4.69) is 60.8 Å². The van der Waals surface area contributed by atoms with Crippen LogP contribution in [-0.4, -0.2) is 13.2 Å². The maximum Gasteiger partial charge on any atom is 0.147 e. The molecule has 102 valence electrons. The first-order valence-corrected chi connectivity index (χ1v) is 8.55. The molecule has 0 amide bonds. The minimum absolute atomic E-state index is 0.650. The molecule has 0 saturated heterocycles. The van der Waals surface area contributed by atoms with Crippen LogP contribution in [0.4, 0.5) is 0 Å². The molecule has 0 atom stereocenters. The molecule has 19 heavy (non-hydrogen) atoms. The molecule has 1 aromatic heterocycles. The van der Waals surface area contributed by atoms with Crippen molar-refractivity contribution in [3.63, 3.8) is 0 Å². The molecule has 0 radical (unpaired) electrons. The number of halogens is 2. The maximum absolute atomic E-state index is 5.85. The first kappa shape index (κ1) is 15.0. The van der Waals surface area contributed by atoms with Gasteiger partial charge in [0, 0.05) is 6.42 Å². The van der Waals surface area contributed by atoms with Crippen molar-refractivity contribution in [1.82, 2.24) is 0 Å². The molecule has 1 aromatic carbocycles. The Labute approximate surface area is 134 Å². The highest BCUT2D eigenvalue weighted by molar-refractivity contribution is 9.11. The van der Waals surface area contributed by atoms with Crippen LogP contribution in [-0.2, 0) is 12.8 Å². The Hall–Kier alpha value is -0.360. The summed E-state index contributed by atoms with van der Waals surface area (Å²) in [5.41, 5.74) is 8.09. The van der Waals surface area contributed by atoms with Crippen LogP contribution in [0.5, 0.6) is 5.75 Å². The molecule has 2 rings (SSSR count). The molecule has 0 bridgehead atoms. The third kappa shape index (κ3) is 4.31. The van der Waals surface area contributed by atoms with E-state index >= 15 is 0 Å². The largest absolute Gasteiger partial charge is 0.491 e. The number of thiophene rings is 1. The summed E-state index contributed by atoms with van der Waals surface area (Å²) in [7, 11) is 0. The summed E-state index contributed by atoms with van der Waals surface area (Å²) in [5, 5.41) is 4.24. The molecule has 0 aliphatic carbocycles. The van der Waals surface area contributed by atoms with Crippen LogP contribution in [0.25, 0.3) is 0 Å². The lowest BCUT2D eigenvalue weighted by atomic mass is 10.1. The molecule has 1 heterocycles. The van der Waals surface area contributed by atoms with E-state index in [1.165, 1.54) is 11.1 Å². The molecule has 0 saturated carbocycles. The minimum Gasteiger partial charge on any atom is -0.491 e. The van der Waals surface area contributed by atoms with Crippen molar-refractivity contribution in [2.75, 3.05) is 13.2 Å². The second-order valence-electron chi connectivity index (χ2n) is 4.16. The van der Waals surface area contributed by atoms with Gasteiger partial charge in [0.25, 0.3) is 0 Å². The van der Waals surface area contributed by atoms with Crippen LogP contribution in [0, 0.1) is 0 Å². The minimum atomic E-state index is 0.650. The van der Waals surface area contributed by atoms with E-state index in [9.17, 15) is 0 Å². The highest BCUT2D eigenvalue weighted by Crippen LogP contribution is 2.35. The zero-order valence-corrected chi connectivity index (χ0v) is 14.4. The number of benzene rings is 1. The molecule has 0 aliphatic heterocycles. The lowest BCUT2D eigenvalue weighted by Crippen LogP contribution is -2.04. The van der Waals surface area contributed by atoms with Gasteiger partial charge in [0.15, 0.2) is 0 Å². The van der Waals surface area contributed by atoms with Gasteiger partial charge in [0.2, 0.25) is 0 Å². The fraction of sp³-hybridized carbons (Fsp3) is 0.286. The molecular weight excluding hydrogens is 390 g/mol. The maximum atomic E-state index is 5.85. The van der Waals surface area contributed by atoms with Gasteiger partial charge in [-0.25, -0.2) is 0 Å². The quantitative estimate of drug-likeness (QED) is 0.774. The van der Waals surface area contributed by atoms with Crippen LogP contribution < -0.4 is 10.5 Å². The Morgan fingerprint density at radius 1 is 1.11 bits per heavy atom. The summed E-state index contributed by atoms with van der Waals surface area (Å²) in [6.45, 7) is 1.32. The van der Waals surface area contributed by atoms with Crippen LogP contribution in [0.3, 0.4) is 0 Å². The van der Waals surface area contributed by atoms with E-state index in [1.807, 2.05) is 0 Å². The Balaban J connectivity index is 1.99. The summed E-state index contributed by atoms with van der Waals surface area (Å²) in [4.78, 5) is 0. The fourth-order valence-electron chi connectivity index (χ4n) is 1.77. The lowest BCUT2D eigenvalue weighted by Gasteiger charge is -2.12. The Kier molecular flexibility index (Phi) is 5.88.